The standard InChI is InChI=1S/C22H13Cl3N2O2/c23-16-11-18(25)20(12-17(16)24)27-21(14-6-2-1-3-7-14)26-19(22(27)29)10-13-5-4-8-15(28)9-13/h1-12,28H/b19-10+. The lowest BCUT2D eigenvalue weighted by molar-refractivity contribution is -0.113. The van der Waals surface area contributed by atoms with Crippen LogP contribution in [0.5, 0.6) is 5.75 Å². The van der Waals surface area contributed by atoms with Crippen molar-refractivity contribution in [3.05, 3.63) is 98.6 Å². The predicted molar refractivity (Wildman–Crippen MR) is 118 cm³/mol. The zero-order valence-corrected chi connectivity index (χ0v) is 17.1. The number of amides is 1. The van der Waals surface area contributed by atoms with Gasteiger partial charge < -0.3 is 5.11 Å². The Hall–Kier alpha value is -2.79. The maximum absolute atomic E-state index is 13.3. The maximum atomic E-state index is 13.3. The second-order valence-corrected chi connectivity index (χ2v) is 7.51. The van der Waals surface area contributed by atoms with E-state index in [9.17, 15) is 9.90 Å². The number of anilines is 1. The summed E-state index contributed by atoms with van der Waals surface area (Å²) in [6.45, 7) is 0. The third-order valence-corrected chi connectivity index (χ3v) is 5.32. The number of phenols is 1. The van der Waals surface area contributed by atoms with Gasteiger partial charge in [-0.05, 0) is 35.9 Å². The van der Waals surface area contributed by atoms with E-state index in [0.29, 0.717) is 22.1 Å². The molecule has 29 heavy (non-hydrogen) atoms. The molecule has 144 valence electrons. The Morgan fingerprint density at radius 1 is 0.862 bits per heavy atom. The molecule has 7 heteroatoms. The summed E-state index contributed by atoms with van der Waals surface area (Å²) in [5, 5.41) is 10.5. The van der Waals surface area contributed by atoms with Crippen LogP contribution in [-0.4, -0.2) is 16.8 Å². The number of halogens is 3. The van der Waals surface area contributed by atoms with Crippen LogP contribution in [0, 0.1) is 0 Å². The Kier molecular flexibility index (Phi) is 5.33. The van der Waals surface area contributed by atoms with E-state index in [1.54, 1.807) is 36.4 Å². The van der Waals surface area contributed by atoms with Crippen LogP contribution < -0.4 is 4.90 Å². The molecule has 1 N–H and O–H groups in total. The molecular formula is C22H13Cl3N2O2. The molecule has 3 aromatic carbocycles. The van der Waals surface area contributed by atoms with E-state index in [-0.39, 0.29) is 27.4 Å². The van der Waals surface area contributed by atoms with Crippen molar-refractivity contribution >= 4 is 58.3 Å². The third kappa shape index (κ3) is 3.87. The molecule has 0 radical (unpaired) electrons. The summed E-state index contributed by atoms with van der Waals surface area (Å²) in [6.07, 6.45) is 1.61. The summed E-state index contributed by atoms with van der Waals surface area (Å²) < 4.78 is 0. The lowest BCUT2D eigenvalue weighted by Gasteiger charge is -2.20. The Morgan fingerprint density at radius 3 is 2.31 bits per heavy atom. The number of aliphatic imine (C=N–C) groups is 1. The van der Waals surface area contributed by atoms with E-state index in [0.717, 1.165) is 5.56 Å². The number of aromatic hydroxyl groups is 1. The van der Waals surface area contributed by atoms with Crippen LogP contribution in [0.1, 0.15) is 11.1 Å². The van der Waals surface area contributed by atoms with Gasteiger partial charge in [0.1, 0.15) is 17.3 Å². The lowest BCUT2D eigenvalue weighted by atomic mass is 10.1. The maximum Gasteiger partial charge on any atom is 0.282 e. The van der Waals surface area contributed by atoms with Crippen LogP contribution in [0.25, 0.3) is 6.08 Å². The van der Waals surface area contributed by atoms with Gasteiger partial charge in [-0.1, -0.05) is 77.3 Å². The quantitative estimate of drug-likeness (QED) is 0.388. The van der Waals surface area contributed by atoms with Gasteiger partial charge in [-0.2, -0.15) is 0 Å². The number of amidine groups is 1. The summed E-state index contributed by atoms with van der Waals surface area (Å²) >= 11 is 18.6. The highest BCUT2D eigenvalue weighted by molar-refractivity contribution is 6.45. The molecule has 0 spiro atoms. The molecule has 1 amide bonds. The minimum Gasteiger partial charge on any atom is -0.508 e. The number of hydrogen-bond acceptors (Lipinski definition) is 3. The lowest BCUT2D eigenvalue weighted by Crippen LogP contribution is -2.32. The number of benzene rings is 3. The van der Waals surface area contributed by atoms with Crippen LogP contribution >= 0.6 is 34.8 Å². The molecule has 0 saturated carbocycles. The summed E-state index contributed by atoms with van der Waals surface area (Å²) in [6, 6.07) is 18.9. The number of carbonyl (C=O) groups excluding carboxylic acids is 1. The molecular weight excluding hydrogens is 431 g/mol. The van der Waals surface area contributed by atoms with Gasteiger partial charge in [-0.15, -0.1) is 0 Å². The molecule has 4 nitrogen and oxygen atoms in total. The smallest absolute Gasteiger partial charge is 0.282 e. The highest BCUT2D eigenvalue weighted by atomic mass is 35.5. The zero-order chi connectivity index (χ0) is 20.5. The fraction of sp³-hybridized carbons (Fsp3) is 0. The molecule has 1 aliphatic heterocycles. The summed E-state index contributed by atoms with van der Waals surface area (Å²) in [5.74, 6) is 0.149. The molecule has 0 fully saturated rings. The number of hydrogen-bond donors (Lipinski definition) is 1. The molecule has 0 aromatic heterocycles. The van der Waals surface area contributed by atoms with Crippen molar-refractivity contribution in [1.29, 1.82) is 0 Å². The molecule has 1 aliphatic rings. The van der Waals surface area contributed by atoms with Gasteiger partial charge >= 0.3 is 0 Å². The van der Waals surface area contributed by atoms with Crippen LogP contribution in [0.15, 0.2) is 77.4 Å². The Morgan fingerprint density at radius 2 is 1.59 bits per heavy atom. The fourth-order valence-electron chi connectivity index (χ4n) is 2.98. The fourth-order valence-corrected chi connectivity index (χ4v) is 3.60. The minimum atomic E-state index is -0.368. The molecule has 0 unspecified atom stereocenters. The average Bonchev–Trinajstić information content (AvgIpc) is 3.02. The largest absolute Gasteiger partial charge is 0.508 e. The second kappa shape index (κ2) is 7.91. The van der Waals surface area contributed by atoms with E-state index >= 15 is 0 Å². The molecule has 3 aromatic rings. The van der Waals surface area contributed by atoms with Crippen LogP contribution in [-0.2, 0) is 4.79 Å². The van der Waals surface area contributed by atoms with Crippen molar-refractivity contribution in [1.82, 2.24) is 0 Å². The summed E-state index contributed by atoms with van der Waals surface area (Å²) in [5.41, 5.74) is 1.97. The van der Waals surface area contributed by atoms with Crippen molar-refractivity contribution in [3.8, 4) is 5.75 Å². The molecule has 4 rings (SSSR count). The van der Waals surface area contributed by atoms with Crippen molar-refractivity contribution < 1.29 is 9.90 Å². The Balaban J connectivity index is 1.87. The topological polar surface area (TPSA) is 52.9 Å². The molecule has 0 aliphatic carbocycles. The number of rotatable bonds is 3. The van der Waals surface area contributed by atoms with Crippen LogP contribution in [0.2, 0.25) is 15.1 Å². The first kappa shape index (κ1) is 19.5. The van der Waals surface area contributed by atoms with Gasteiger partial charge in [0.05, 0.1) is 20.8 Å². The van der Waals surface area contributed by atoms with Crippen molar-refractivity contribution in [2.24, 2.45) is 4.99 Å². The minimum absolute atomic E-state index is 0.0986. The first-order valence-electron chi connectivity index (χ1n) is 8.58. The van der Waals surface area contributed by atoms with E-state index in [1.807, 2.05) is 30.3 Å². The number of nitrogens with zero attached hydrogens (tertiary/aromatic N) is 2. The molecule has 0 bridgehead atoms. The third-order valence-electron chi connectivity index (χ3n) is 4.30. The Labute approximate surface area is 182 Å². The highest BCUT2D eigenvalue weighted by Gasteiger charge is 2.34. The van der Waals surface area contributed by atoms with Crippen molar-refractivity contribution in [3.63, 3.8) is 0 Å². The highest BCUT2D eigenvalue weighted by Crippen LogP contribution is 2.38. The van der Waals surface area contributed by atoms with Gasteiger partial charge in [0.2, 0.25) is 0 Å². The molecule has 1 heterocycles. The zero-order valence-electron chi connectivity index (χ0n) is 14.8. The number of phenolic OH excluding ortho intramolecular Hbond substituents is 1. The monoisotopic (exact) mass is 442 g/mol. The van der Waals surface area contributed by atoms with E-state index in [4.69, 9.17) is 34.8 Å². The van der Waals surface area contributed by atoms with E-state index in [2.05, 4.69) is 4.99 Å². The first-order valence-corrected chi connectivity index (χ1v) is 9.71. The molecule has 0 atom stereocenters. The van der Waals surface area contributed by atoms with Gasteiger partial charge in [0.15, 0.2) is 0 Å². The first-order chi connectivity index (χ1) is 13.9. The normalized spacial score (nSPS) is 15.1. The Bertz CT molecular complexity index is 1170. The van der Waals surface area contributed by atoms with Gasteiger partial charge in [0, 0.05) is 5.56 Å². The van der Waals surface area contributed by atoms with Gasteiger partial charge in [-0.3, -0.25) is 9.69 Å². The van der Waals surface area contributed by atoms with Crippen LogP contribution in [0.4, 0.5) is 5.69 Å². The van der Waals surface area contributed by atoms with Gasteiger partial charge in [-0.25, -0.2) is 4.99 Å². The molecule has 0 saturated heterocycles. The van der Waals surface area contributed by atoms with Crippen molar-refractivity contribution in [2.75, 3.05) is 4.90 Å². The van der Waals surface area contributed by atoms with Gasteiger partial charge in [0.25, 0.3) is 5.91 Å². The van der Waals surface area contributed by atoms with Crippen molar-refractivity contribution in [2.45, 2.75) is 0 Å². The van der Waals surface area contributed by atoms with E-state index in [1.165, 1.54) is 11.0 Å². The summed E-state index contributed by atoms with van der Waals surface area (Å²) in [4.78, 5) is 19.2. The number of carbonyl (C=O) groups is 1. The second-order valence-electron chi connectivity index (χ2n) is 6.28. The summed E-state index contributed by atoms with van der Waals surface area (Å²) in [7, 11) is 0. The van der Waals surface area contributed by atoms with E-state index < -0.39 is 0 Å². The average molecular weight is 444 g/mol. The predicted octanol–water partition coefficient (Wildman–Crippen LogP) is 6.19. The van der Waals surface area contributed by atoms with Crippen LogP contribution in [0.3, 0.4) is 0 Å². The SMILES string of the molecule is O=C1/C(=C\c2cccc(O)c2)N=C(c2ccccc2)N1c1cc(Cl)c(Cl)cc1Cl.